The van der Waals surface area contributed by atoms with E-state index in [1.807, 2.05) is 13.0 Å². The van der Waals surface area contributed by atoms with Crippen LogP contribution in [0.4, 0.5) is 5.69 Å². The molecule has 0 aliphatic rings. The van der Waals surface area contributed by atoms with Gasteiger partial charge < -0.3 is 15.5 Å². The molecule has 0 fully saturated rings. The zero-order valence-corrected chi connectivity index (χ0v) is 13.4. The summed E-state index contributed by atoms with van der Waals surface area (Å²) >= 11 is 6.07. The molecule has 5 nitrogen and oxygen atoms in total. The van der Waals surface area contributed by atoms with Crippen molar-refractivity contribution in [3.05, 3.63) is 28.8 Å². The summed E-state index contributed by atoms with van der Waals surface area (Å²) in [5.41, 5.74) is 0.973. The Balaban J connectivity index is 2.57. The van der Waals surface area contributed by atoms with Crippen molar-refractivity contribution in [1.82, 2.24) is 4.90 Å². The zero-order chi connectivity index (χ0) is 16.0. The molecule has 1 aromatic carbocycles. The van der Waals surface area contributed by atoms with Crippen LogP contribution in [0, 0.1) is 12.3 Å². The third-order valence-corrected chi connectivity index (χ3v) is 3.54. The normalized spacial score (nSPS) is 11.8. The van der Waals surface area contributed by atoms with E-state index in [4.69, 9.17) is 11.6 Å². The molecule has 1 amide bonds. The molecule has 6 heteroatoms. The van der Waals surface area contributed by atoms with Gasteiger partial charge in [0.15, 0.2) is 0 Å². The van der Waals surface area contributed by atoms with Gasteiger partial charge in [-0.05, 0) is 31.7 Å². The molecule has 0 saturated carbocycles. The van der Waals surface area contributed by atoms with Crippen molar-refractivity contribution in [2.75, 3.05) is 38.7 Å². The average Bonchev–Trinajstić information content (AvgIpc) is 2.41. The summed E-state index contributed by atoms with van der Waals surface area (Å²) in [5, 5.41) is 21.8. The molecule has 0 aliphatic carbocycles. The van der Waals surface area contributed by atoms with Crippen molar-refractivity contribution in [3.63, 3.8) is 0 Å². The van der Waals surface area contributed by atoms with Gasteiger partial charge in [0.25, 0.3) is 0 Å². The summed E-state index contributed by atoms with van der Waals surface area (Å²) in [6.45, 7) is 3.97. The summed E-state index contributed by atoms with van der Waals surface area (Å²) in [5.74, 6) is -0.193. The molecule has 0 atom stereocenters. The summed E-state index contributed by atoms with van der Waals surface area (Å²) in [6.07, 6.45) is 0. The van der Waals surface area contributed by atoms with Gasteiger partial charge in [-0.3, -0.25) is 9.69 Å². The van der Waals surface area contributed by atoms with E-state index in [1.54, 1.807) is 31.0 Å². The van der Waals surface area contributed by atoms with Crippen molar-refractivity contribution >= 4 is 23.2 Å². The van der Waals surface area contributed by atoms with E-state index >= 15 is 0 Å². The second kappa shape index (κ2) is 7.75. The predicted molar refractivity (Wildman–Crippen MR) is 84.6 cm³/mol. The topological polar surface area (TPSA) is 72.8 Å². The lowest BCUT2D eigenvalue weighted by atomic mass is 9.92. The molecule has 0 bridgehead atoms. The Kier molecular flexibility index (Phi) is 6.61. The number of hydrogen-bond donors (Lipinski definition) is 3. The second-order valence-corrected chi connectivity index (χ2v) is 6.24. The van der Waals surface area contributed by atoms with Crippen LogP contribution in [0.15, 0.2) is 18.2 Å². The van der Waals surface area contributed by atoms with Crippen molar-refractivity contribution in [3.8, 4) is 0 Å². The lowest BCUT2D eigenvalue weighted by Gasteiger charge is -2.29. The van der Waals surface area contributed by atoms with Crippen molar-refractivity contribution < 1.29 is 15.0 Å². The van der Waals surface area contributed by atoms with Gasteiger partial charge in [0.05, 0.1) is 30.5 Å². The number of nitrogens with zero attached hydrogens (tertiary/aromatic N) is 1. The highest BCUT2D eigenvalue weighted by Gasteiger charge is 2.25. The molecule has 0 spiro atoms. The van der Waals surface area contributed by atoms with Crippen molar-refractivity contribution in [1.29, 1.82) is 0 Å². The number of rotatable bonds is 7. The number of aryl methyl sites for hydroxylation is 1. The van der Waals surface area contributed by atoms with Crippen LogP contribution in [0.2, 0.25) is 5.02 Å². The summed E-state index contributed by atoms with van der Waals surface area (Å²) in [4.78, 5) is 13.7. The standard InChI is InChI=1S/C15H23ClN2O3/c1-11-4-5-13(12(16)6-11)17-14(21)7-18(3)8-15(2,9-19)10-20/h4-6,19-20H,7-10H2,1-3H3,(H,17,21). The van der Waals surface area contributed by atoms with Crippen LogP contribution in [0.5, 0.6) is 0 Å². The van der Waals surface area contributed by atoms with Crippen LogP contribution in [0.1, 0.15) is 12.5 Å². The fraction of sp³-hybridized carbons (Fsp3) is 0.533. The van der Waals surface area contributed by atoms with E-state index in [1.165, 1.54) is 0 Å². The van der Waals surface area contributed by atoms with Gasteiger partial charge in [0.1, 0.15) is 0 Å². The maximum atomic E-state index is 12.0. The van der Waals surface area contributed by atoms with Gasteiger partial charge >= 0.3 is 0 Å². The molecule has 21 heavy (non-hydrogen) atoms. The number of carbonyl (C=O) groups is 1. The van der Waals surface area contributed by atoms with E-state index in [2.05, 4.69) is 5.32 Å². The van der Waals surface area contributed by atoms with Crippen molar-refractivity contribution in [2.24, 2.45) is 5.41 Å². The monoisotopic (exact) mass is 314 g/mol. The average molecular weight is 315 g/mol. The number of aliphatic hydroxyl groups excluding tert-OH is 2. The highest BCUT2D eigenvalue weighted by molar-refractivity contribution is 6.33. The Labute approximate surface area is 130 Å². The van der Waals surface area contributed by atoms with Crippen LogP contribution < -0.4 is 5.32 Å². The van der Waals surface area contributed by atoms with Crippen molar-refractivity contribution in [2.45, 2.75) is 13.8 Å². The molecule has 1 aromatic rings. The highest BCUT2D eigenvalue weighted by atomic mass is 35.5. The van der Waals surface area contributed by atoms with Gasteiger partial charge in [0.2, 0.25) is 5.91 Å². The quantitative estimate of drug-likeness (QED) is 0.713. The number of anilines is 1. The van der Waals surface area contributed by atoms with Crippen LogP contribution in [0.3, 0.4) is 0 Å². The number of benzene rings is 1. The van der Waals surface area contributed by atoms with Crippen LogP contribution >= 0.6 is 11.6 Å². The zero-order valence-electron chi connectivity index (χ0n) is 12.7. The summed E-state index contributed by atoms with van der Waals surface area (Å²) in [7, 11) is 1.76. The minimum atomic E-state index is -0.628. The molecular formula is C15H23ClN2O3. The molecule has 118 valence electrons. The molecular weight excluding hydrogens is 292 g/mol. The third-order valence-electron chi connectivity index (χ3n) is 3.23. The van der Waals surface area contributed by atoms with Gasteiger partial charge in [-0.15, -0.1) is 0 Å². The van der Waals surface area contributed by atoms with Crippen LogP contribution in [-0.4, -0.2) is 54.4 Å². The number of likely N-dealkylation sites (N-methyl/N-ethyl adjacent to an activating group) is 1. The van der Waals surface area contributed by atoms with Crippen LogP contribution in [0.25, 0.3) is 0 Å². The van der Waals surface area contributed by atoms with E-state index in [0.29, 0.717) is 17.3 Å². The number of amides is 1. The summed E-state index contributed by atoms with van der Waals surface area (Å²) < 4.78 is 0. The molecule has 0 heterocycles. The number of hydrogen-bond acceptors (Lipinski definition) is 4. The minimum Gasteiger partial charge on any atom is -0.396 e. The minimum absolute atomic E-state index is 0.140. The second-order valence-electron chi connectivity index (χ2n) is 5.83. The molecule has 0 unspecified atom stereocenters. The maximum absolute atomic E-state index is 12.0. The fourth-order valence-electron chi connectivity index (χ4n) is 2.01. The Morgan fingerprint density at radius 2 is 2.00 bits per heavy atom. The van der Waals surface area contributed by atoms with Gasteiger partial charge in [-0.25, -0.2) is 0 Å². The Morgan fingerprint density at radius 1 is 1.38 bits per heavy atom. The molecule has 0 aliphatic heterocycles. The van der Waals surface area contributed by atoms with Gasteiger partial charge in [0, 0.05) is 12.0 Å². The third kappa shape index (κ3) is 5.63. The van der Waals surface area contributed by atoms with E-state index in [9.17, 15) is 15.0 Å². The van der Waals surface area contributed by atoms with Gasteiger partial charge in [-0.1, -0.05) is 24.6 Å². The SMILES string of the molecule is Cc1ccc(NC(=O)CN(C)CC(C)(CO)CO)c(Cl)c1. The molecule has 0 saturated heterocycles. The Hall–Kier alpha value is -1.14. The molecule has 1 rings (SSSR count). The first-order valence-electron chi connectivity index (χ1n) is 6.76. The first kappa shape index (κ1) is 17.9. The molecule has 0 aromatic heterocycles. The first-order chi connectivity index (χ1) is 9.79. The lowest BCUT2D eigenvalue weighted by Crippen LogP contribution is -2.41. The number of nitrogens with one attached hydrogen (secondary N) is 1. The molecule has 0 radical (unpaired) electrons. The Bertz CT molecular complexity index is 490. The number of aliphatic hydroxyl groups is 2. The number of carbonyl (C=O) groups excluding carboxylic acids is 1. The maximum Gasteiger partial charge on any atom is 0.238 e. The molecule has 3 N–H and O–H groups in total. The smallest absolute Gasteiger partial charge is 0.238 e. The van der Waals surface area contributed by atoms with E-state index < -0.39 is 5.41 Å². The van der Waals surface area contributed by atoms with Crippen LogP contribution in [-0.2, 0) is 4.79 Å². The fourth-order valence-corrected chi connectivity index (χ4v) is 2.30. The largest absolute Gasteiger partial charge is 0.396 e. The first-order valence-corrected chi connectivity index (χ1v) is 7.14. The Morgan fingerprint density at radius 3 is 2.52 bits per heavy atom. The predicted octanol–water partition coefficient (Wildman–Crippen LogP) is 1.51. The van der Waals surface area contributed by atoms with E-state index in [-0.39, 0.29) is 25.7 Å². The number of halogens is 1. The highest BCUT2D eigenvalue weighted by Crippen LogP contribution is 2.22. The summed E-state index contributed by atoms with van der Waals surface area (Å²) in [6, 6.07) is 5.43. The van der Waals surface area contributed by atoms with E-state index in [0.717, 1.165) is 5.56 Å². The van der Waals surface area contributed by atoms with Gasteiger partial charge in [-0.2, -0.15) is 0 Å². The lowest BCUT2D eigenvalue weighted by molar-refractivity contribution is -0.117.